The Kier molecular flexibility index (Phi) is 12.1. The van der Waals surface area contributed by atoms with Crippen molar-refractivity contribution in [1.82, 2.24) is 19.9 Å². The molecule has 2 aliphatic rings. The summed E-state index contributed by atoms with van der Waals surface area (Å²) >= 11 is 1.70. The van der Waals surface area contributed by atoms with Crippen LogP contribution in [0.2, 0.25) is 0 Å². The van der Waals surface area contributed by atoms with E-state index in [1.165, 1.54) is 98.4 Å². The maximum atomic E-state index is 6.19. The second-order valence-electron chi connectivity index (χ2n) is 25.6. The summed E-state index contributed by atoms with van der Waals surface area (Å²) in [7, 11) is 0. The van der Waals surface area contributed by atoms with Gasteiger partial charge in [0.15, 0.2) is 0 Å². The quantitative estimate of drug-likeness (QED) is 0.166. The van der Waals surface area contributed by atoms with Crippen molar-refractivity contribution >= 4 is 86.3 Å². The van der Waals surface area contributed by atoms with Gasteiger partial charge in [0.1, 0.15) is 27.1 Å². The van der Waals surface area contributed by atoms with Gasteiger partial charge in [-0.05, 0) is 129 Å². The number of nitrogens with zero attached hydrogens (tertiary/aromatic N) is 4. The lowest BCUT2D eigenvalue weighted by atomic mass is 9.80. The first-order valence-corrected chi connectivity index (χ1v) is 32.4. The maximum absolute atomic E-state index is 6.19. The fraction of sp³-hybridized carbons (Fsp3) is 0.0698. The van der Waals surface area contributed by atoms with Crippen LogP contribution in [0.3, 0.4) is 0 Å². The third-order valence-corrected chi connectivity index (χ3v) is 20.6. The lowest BCUT2D eigenvalue weighted by Crippen LogP contribution is -2.15. The molecule has 2 aliphatic carbocycles. The third-order valence-electron chi connectivity index (χ3n) is 19.6. The van der Waals surface area contributed by atoms with E-state index in [0.29, 0.717) is 5.71 Å². The third kappa shape index (κ3) is 8.37. The van der Waals surface area contributed by atoms with E-state index in [0.717, 1.165) is 82.6 Å². The van der Waals surface area contributed by atoms with Crippen molar-refractivity contribution < 1.29 is 4.42 Å². The topological polar surface area (TPSA) is 64.7 Å². The Morgan fingerprint density at radius 3 is 1.40 bits per heavy atom. The summed E-state index contributed by atoms with van der Waals surface area (Å²) in [6, 6.07) is 99.9. The van der Waals surface area contributed by atoms with Gasteiger partial charge in [0, 0.05) is 48.6 Å². The summed E-state index contributed by atoms with van der Waals surface area (Å²) < 4.78 is 7.40. The molecule has 0 fully saturated rings. The normalized spacial score (nSPS) is 13.4. The number of fused-ring (bicyclic) bond motifs is 17. The van der Waals surface area contributed by atoms with Crippen LogP contribution < -0.4 is 0 Å². The molecule has 0 atom stereocenters. The average molecular weight is 1200 g/mol. The fourth-order valence-corrected chi connectivity index (χ4v) is 16.2. The number of aromatic nitrogens is 4. The van der Waals surface area contributed by atoms with Crippen LogP contribution in [0.1, 0.15) is 49.9 Å². The van der Waals surface area contributed by atoms with Gasteiger partial charge in [0.2, 0.25) is 5.71 Å². The summed E-state index contributed by atoms with van der Waals surface area (Å²) in [5.41, 5.74) is 26.6. The molecule has 4 aromatic heterocycles. The molecule has 17 aromatic rings. The van der Waals surface area contributed by atoms with Gasteiger partial charge in [-0.1, -0.05) is 276 Å². The predicted molar refractivity (Wildman–Crippen MR) is 384 cm³/mol. The van der Waals surface area contributed by atoms with E-state index >= 15 is 0 Å². The van der Waals surface area contributed by atoms with Crippen LogP contribution >= 0.6 is 11.3 Å². The second-order valence-corrected chi connectivity index (χ2v) is 26.6. The Morgan fingerprint density at radius 2 is 0.750 bits per heavy atom. The van der Waals surface area contributed by atoms with Crippen molar-refractivity contribution in [1.29, 1.82) is 0 Å². The molecule has 4 heterocycles. The van der Waals surface area contributed by atoms with Gasteiger partial charge in [-0.25, -0.2) is 19.9 Å². The van der Waals surface area contributed by atoms with Crippen LogP contribution in [0, 0.1) is 0 Å². The summed E-state index contributed by atoms with van der Waals surface area (Å²) in [6.07, 6.45) is 0. The van der Waals surface area contributed by atoms with Crippen molar-refractivity contribution in [3.05, 3.63) is 301 Å². The fourth-order valence-electron chi connectivity index (χ4n) is 15.2. The number of furan rings is 1. The molecular formula is C86H58N4OS. The SMILES string of the molecule is CC1(C)c2ccccc2-c2ccc3cc(-c4ccc(-c5nc6c(nc5-c5ccccc5)oc5ccccc56)c5ccccc45)ccc3c21.CC1(C)c2ccccc2-c2ccc3cc(-c4ccc(-c5nc6c(nc5-c5ccccc5)sc5ccccc56)cc4)ccc3c21. The highest BCUT2D eigenvalue weighted by Crippen LogP contribution is 2.54. The molecule has 0 bridgehead atoms. The molecule has 13 aromatic carbocycles. The Hall–Kier alpha value is -11.2. The summed E-state index contributed by atoms with van der Waals surface area (Å²) in [6.45, 7) is 9.42. The molecule has 0 N–H and O–H groups in total. The van der Waals surface area contributed by atoms with Crippen LogP contribution in [0.5, 0.6) is 0 Å². The number of hydrogen-bond acceptors (Lipinski definition) is 6. The van der Waals surface area contributed by atoms with Crippen LogP contribution in [-0.4, -0.2) is 19.9 Å². The average Bonchev–Trinajstić information content (AvgIpc) is 1.67. The van der Waals surface area contributed by atoms with E-state index in [1.807, 2.05) is 42.5 Å². The number of para-hydroxylation sites is 1. The minimum atomic E-state index is -0.0553. The van der Waals surface area contributed by atoms with Gasteiger partial charge in [-0.15, -0.1) is 11.3 Å². The molecule has 0 radical (unpaired) electrons. The molecule has 434 valence electrons. The van der Waals surface area contributed by atoms with Gasteiger partial charge >= 0.3 is 0 Å². The lowest BCUT2D eigenvalue weighted by molar-refractivity contribution is 0.653. The monoisotopic (exact) mass is 1190 g/mol. The maximum Gasteiger partial charge on any atom is 0.246 e. The Bertz CT molecular complexity index is 5880. The molecule has 92 heavy (non-hydrogen) atoms. The molecule has 0 saturated heterocycles. The number of benzene rings is 13. The predicted octanol–water partition coefficient (Wildman–Crippen LogP) is 23.3. The largest absolute Gasteiger partial charge is 0.436 e. The first-order valence-electron chi connectivity index (χ1n) is 31.6. The Labute approximate surface area is 536 Å². The van der Waals surface area contributed by atoms with E-state index < -0.39 is 0 Å². The van der Waals surface area contributed by atoms with E-state index in [2.05, 4.69) is 264 Å². The van der Waals surface area contributed by atoms with Crippen molar-refractivity contribution in [2.24, 2.45) is 0 Å². The van der Waals surface area contributed by atoms with Gasteiger partial charge in [0.05, 0.1) is 17.1 Å². The van der Waals surface area contributed by atoms with Gasteiger partial charge < -0.3 is 4.42 Å². The zero-order valence-electron chi connectivity index (χ0n) is 51.2. The highest BCUT2D eigenvalue weighted by Gasteiger charge is 2.38. The Morgan fingerprint density at radius 1 is 0.293 bits per heavy atom. The van der Waals surface area contributed by atoms with E-state index in [9.17, 15) is 0 Å². The summed E-state index contributed by atoms with van der Waals surface area (Å²) in [5.74, 6) is 0. The van der Waals surface area contributed by atoms with Crippen LogP contribution in [-0.2, 0) is 10.8 Å². The van der Waals surface area contributed by atoms with E-state index in [-0.39, 0.29) is 10.8 Å². The van der Waals surface area contributed by atoms with Gasteiger partial charge in [0.25, 0.3) is 0 Å². The standard InChI is InChI=1S/C45H30N2O.C41H28N2S/c1-45(2)38-18-10-8-16-34(38)35-23-21-29-26-28(20-22-31(29)40(35)45)30-24-25-36(33-15-7-6-14-32(30)33)42-41(27-12-4-3-5-13-27)47-44-43(46-42)37-17-9-11-19-39(37)48-44;1-41(2)34-14-8-6-12-31(34)32-23-21-29-24-28(20-22-30(29)36(32)41)25-16-18-27(19-17-25)37-38(26-10-4-3-5-11-26)43-40-39(42-37)33-13-7-9-15-35(33)44-40/h3-26H,1-2H3;3-24H,1-2H3. The van der Waals surface area contributed by atoms with Crippen molar-refractivity contribution in [2.75, 3.05) is 0 Å². The Balaban J connectivity index is 0.000000136. The molecule has 0 amide bonds. The van der Waals surface area contributed by atoms with Gasteiger partial charge in [-0.3, -0.25) is 0 Å². The smallest absolute Gasteiger partial charge is 0.246 e. The molecule has 19 rings (SSSR count). The van der Waals surface area contributed by atoms with Crippen molar-refractivity contribution in [3.63, 3.8) is 0 Å². The van der Waals surface area contributed by atoms with Crippen molar-refractivity contribution in [2.45, 2.75) is 38.5 Å². The molecule has 5 nitrogen and oxygen atoms in total. The van der Waals surface area contributed by atoms with Crippen LogP contribution in [0.15, 0.2) is 283 Å². The van der Waals surface area contributed by atoms with Crippen LogP contribution in [0.25, 0.3) is 164 Å². The number of thiophene rings is 1. The molecule has 0 saturated carbocycles. The van der Waals surface area contributed by atoms with E-state index in [1.54, 1.807) is 11.3 Å². The molecule has 0 spiro atoms. The summed E-state index contributed by atoms with van der Waals surface area (Å²) in [5, 5.41) is 9.64. The number of hydrogen-bond donors (Lipinski definition) is 0. The first-order chi connectivity index (χ1) is 45.1. The van der Waals surface area contributed by atoms with Crippen LogP contribution in [0.4, 0.5) is 0 Å². The zero-order valence-corrected chi connectivity index (χ0v) is 52.0. The lowest BCUT2D eigenvalue weighted by Gasteiger charge is -2.23. The molecular weight excluding hydrogens is 1140 g/mol. The molecule has 0 unspecified atom stereocenters. The minimum absolute atomic E-state index is 0.0268. The second kappa shape index (κ2) is 20.7. The molecule has 6 heteroatoms. The van der Waals surface area contributed by atoms with E-state index in [4.69, 9.17) is 24.4 Å². The highest BCUT2D eigenvalue weighted by molar-refractivity contribution is 7.25. The first kappa shape index (κ1) is 53.8. The zero-order chi connectivity index (χ0) is 61.4. The summed E-state index contributed by atoms with van der Waals surface area (Å²) in [4.78, 5) is 21.8. The highest BCUT2D eigenvalue weighted by atomic mass is 32.1. The molecule has 0 aliphatic heterocycles. The van der Waals surface area contributed by atoms with Gasteiger partial charge in [-0.2, -0.15) is 0 Å². The number of rotatable bonds is 6. The minimum Gasteiger partial charge on any atom is -0.436 e. The van der Waals surface area contributed by atoms with Crippen molar-refractivity contribution in [3.8, 4) is 89.5 Å².